The van der Waals surface area contributed by atoms with Gasteiger partial charge in [-0.1, -0.05) is 0 Å². The van der Waals surface area contributed by atoms with Crippen molar-refractivity contribution >= 4 is 27.3 Å². The van der Waals surface area contributed by atoms with Crippen molar-refractivity contribution < 1.29 is 18.0 Å². The summed E-state index contributed by atoms with van der Waals surface area (Å²) in [5, 5.41) is 1.00. The summed E-state index contributed by atoms with van der Waals surface area (Å²) >= 11 is 1.60. The molecule has 1 aromatic heterocycles. The van der Waals surface area contributed by atoms with Gasteiger partial charge in [0.05, 0.1) is 12.6 Å². The minimum Gasteiger partial charge on any atom is -0.343 e. The Morgan fingerprint density at radius 2 is 2.20 bits per heavy atom. The summed E-state index contributed by atoms with van der Waals surface area (Å²) in [5.74, 6) is 0.168. The average molecular weight is 388 g/mol. The standard InChI is InChI=1S/C16H25N3O4S2/c1-12-6-7-13(24-12)16-14(11-23-18(16)2)25(21,22)17-8-4-10-19-9-3-5-15(19)20/h6-7,14,16-17H,3-5,8-11H2,1-2H3/t14-,16-/m1/s1. The quantitative estimate of drug-likeness (QED) is 0.713. The molecule has 140 valence electrons. The van der Waals surface area contributed by atoms with Crippen LogP contribution in [0.15, 0.2) is 12.1 Å². The van der Waals surface area contributed by atoms with Gasteiger partial charge in [0.2, 0.25) is 15.9 Å². The van der Waals surface area contributed by atoms with E-state index in [2.05, 4.69) is 4.72 Å². The first-order chi connectivity index (χ1) is 11.9. The van der Waals surface area contributed by atoms with Crippen LogP contribution in [-0.2, 0) is 19.7 Å². The van der Waals surface area contributed by atoms with E-state index in [1.54, 1.807) is 28.3 Å². The van der Waals surface area contributed by atoms with Crippen LogP contribution in [0.1, 0.15) is 35.1 Å². The first-order valence-electron chi connectivity index (χ1n) is 8.57. The van der Waals surface area contributed by atoms with Gasteiger partial charge in [0, 0.05) is 42.9 Å². The van der Waals surface area contributed by atoms with Crippen molar-refractivity contribution in [2.75, 3.05) is 33.3 Å². The fraction of sp³-hybridized carbons (Fsp3) is 0.688. The van der Waals surface area contributed by atoms with Crippen LogP contribution in [0.2, 0.25) is 0 Å². The lowest BCUT2D eigenvalue weighted by Gasteiger charge is -2.22. The molecule has 3 rings (SSSR count). The predicted octanol–water partition coefficient (Wildman–Crippen LogP) is 1.28. The lowest BCUT2D eigenvalue weighted by molar-refractivity contribution is -0.127. The molecule has 1 aromatic rings. The second-order valence-corrected chi connectivity index (χ2v) is 9.85. The molecule has 0 aromatic carbocycles. The minimum atomic E-state index is -3.50. The Labute approximate surface area is 152 Å². The molecule has 9 heteroatoms. The first kappa shape index (κ1) is 18.8. The smallest absolute Gasteiger partial charge is 0.222 e. The summed E-state index contributed by atoms with van der Waals surface area (Å²) in [4.78, 5) is 21.0. The third-order valence-corrected chi connectivity index (χ3v) is 7.59. The molecule has 3 heterocycles. The molecule has 2 fully saturated rings. The van der Waals surface area contributed by atoms with E-state index in [-0.39, 0.29) is 18.6 Å². The van der Waals surface area contributed by atoms with Gasteiger partial charge >= 0.3 is 0 Å². The highest BCUT2D eigenvalue weighted by Crippen LogP contribution is 2.36. The molecular formula is C16H25N3O4S2. The summed E-state index contributed by atoms with van der Waals surface area (Å²) in [6.45, 7) is 3.88. The number of amides is 1. The van der Waals surface area contributed by atoms with Crippen molar-refractivity contribution in [1.82, 2.24) is 14.7 Å². The van der Waals surface area contributed by atoms with E-state index in [1.165, 1.54) is 0 Å². The number of sulfonamides is 1. The van der Waals surface area contributed by atoms with Crippen molar-refractivity contribution in [3.8, 4) is 0 Å². The Balaban J connectivity index is 1.57. The maximum atomic E-state index is 12.7. The molecule has 2 aliphatic rings. The summed E-state index contributed by atoms with van der Waals surface area (Å²) < 4.78 is 28.2. The minimum absolute atomic E-state index is 0.151. The third-order valence-electron chi connectivity index (χ3n) is 4.72. The van der Waals surface area contributed by atoms with Gasteiger partial charge in [0.1, 0.15) is 5.25 Å². The third kappa shape index (κ3) is 4.22. The zero-order chi connectivity index (χ0) is 18.0. The number of aryl methyl sites for hydroxylation is 1. The first-order valence-corrected chi connectivity index (χ1v) is 10.9. The SMILES string of the molecule is Cc1ccc([C@@H]2[C@H](S(=O)(=O)NCCCN3CCCC3=O)CON2C)s1. The zero-order valence-electron chi connectivity index (χ0n) is 14.6. The number of likely N-dealkylation sites (tertiary alicyclic amines) is 1. The zero-order valence-corrected chi connectivity index (χ0v) is 16.2. The molecular weight excluding hydrogens is 362 g/mol. The number of carbonyl (C=O) groups excluding carboxylic acids is 1. The van der Waals surface area contributed by atoms with Crippen LogP contribution >= 0.6 is 11.3 Å². The number of hydrogen-bond acceptors (Lipinski definition) is 6. The Hall–Kier alpha value is -1.00. The summed E-state index contributed by atoms with van der Waals surface area (Å²) in [5.41, 5.74) is 0. The van der Waals surface area contributed by atoms with Crippen molar-refractivity contribution in [2.45, 2.75) is 37.5 Å². The number of nitrogens with zero attached hydrogens (tertiary/aromatic N) is 2. The van der Waals surface area contributed by atoms with Crippen molar-refractivity contribution in [1.29, 1.82) is 0 Å². The van der Waals surface area contributed by atoms with Gasteiger partial charge in [-0.25, -0.2) is 13.1 Å². The van der Waals surface area contributed by atoms with Gasteiger partial charge in [-0.3, -0.25) is 9.63 Å². The Kier molecular flexibility index (Phi) is 5.79. The Morgan fingerprint density at radius 1 is 1.40 bits per heavy atom. The van der Waals surface area contributed by atoms with Crippen LogP contribution in [0.4, 0.5) is 0 Å². The molecule has 2 aliphatic heterocycles. The topological polar surface area (TPSA) is 79.0 Å². The van der Waals surface area contributed by atoms with Gasteiger partial charge in [-0.05, 0) is 31.9 Å². The largest absolute Gasteiger partial charge is 0.343 e. The highest BCUT2D eigenvalue weighted by molar-refractivity contribution is 7.90. The maximum Gasteiger partial charge on any atom is 0.222 e. The van der Waals surface area contributed by atoms with E-state index < -0.39 is 15.3 Å². The van der Waals surface area contributed by atoms with Crippen molar-refractivity contribution in [2.24, 2.45) is 0 Å². The fourth-order valence-electron chi connectivity index (χ4n) is 3.36. The molecule has 2 saturated heterocycles. The molecule has 0 saturated carbocycles. The molecule has 25 heavy (non-hydrogen) atoms. The van der Waals surface area contributed by atoms with Crippen LogP contribution in [0, 0.1) is 6.92 Å². The van der Waals surface area contributed by atoms with Crippen LogP contribution in [-0.4, -0.2) is 62.8 Å². The average Bonchev–Trinajstić information content (AvgIpc) is 3.25. The van der Waals surface area contributed by atoms with E-state index in [0.29, 0.717) is 25.9 Å². The lowest BCUT2D eigenvalue weighted by Crippen LogP contribution is -2.40. The number of carbonyl (C=O) groups is 1. The van der Waals surface area contributed by atoms with Gasteiger partial charge < -0.3 is 4.90 Å². The van der Waals surface area contributed by atoms with E-state index in [1.807, 2.05) is 19.1 Å². The number of nitrogens with one attached hydrogen (secondary N) is 1. The van der Waals surface area contributed by atoms with Crippen LogP contribution in [0.5, 0.6) is 0 Å². The normalized spacial score (nSPS) is 25.2. The number of rotatable bonds is 7. The lowest BCUT2D eigenvalue weighted by atomic mass is 10.2. The monoisotopic (exact) mass is 387 g/mol. The van der Waals surface area contributed by atoms with Crippen LogP contribution < -0.4 is 4.72 Å². The molecule has 1 N–H and O–H groups in total. The molecule has 7 nitrogen and oxygen atoms in total. The number of thiophene rings is 1. The summed E-state index contributed by atoms with van der Waals surface area (Å²) in [7, 11) is -1.73. The molecule has 0 spiro atoms. The second-order valence-electron chi connectivity index (χ2n) is 6.55. The second kappa shape index (κ2) is 7.71. The molecule has 0 unspecified atom stereocenters. The summed E-state index contributed by atoms with van der Waals surface area (Å²) in [6, 6.07) is 3.67. The highest BCUT2D eigenvalue weighted by atomic mass is 32.2. The fourth-order valence-corrected chi connectivity index (χ4v) is 6.07. The van der Waals surface area contributed by atoms with Crippen molar-refractivity contribution in [3.05, 3.63) is 21.9 Å². The highest BCUT2D eigenvalue weighted by Gasteiger charge is 2.43. The summed E-state index contributed by atoms with van der Waals surface area (Å²) in [6.07, 6.45) is 2.13. The van der Waals surface area contributed by atoms with E-state index in [0.717, 1.165) is 22.7 Å². The van der Waals surface area contributed by atoms with Crippen molar-refractivity contribution in [3.63, 3.8) is 0 Å². The van der Waals surface area contributed by atoms with Crippen LogP contribution in [0.25, 0.3) is 0 Å². The predicted molar refractivity (Wildman–Crippen MR) is 96.7 cm³/mol. The van der Waals surface area contributed by atoms with Gasteiger partial charge in [0.15, 0.2) is 0 Å². The molecule has 2 atom stereocenters. The van der Waals surface area contributed by atoms with Gasteiger partial charge in [0.25, 0.3) is 0 Å². The molecule has 0 bridgehead atoms. The maximum absolute atomic E-state index is 12.7. The molecule has 1 amide bonds. The Bertz CT molecular complexity index is 719. The number of hydroxylamine groups is 2. The molecule has 0 aliphatic carbocycles. The van der Waals surface area contributed by atoms with E-state index in [4.69, 9.17) is 4.84 Å². The van der Waals surface area contributed by atoms with Gasteiger partial charge in [-0.15, -0.1) is 11.3 Å². The van der Waals surface area contributed by atoms with Gasteiger partial charge in [-0.2, -0.15) is 5.06 Å². The number of hydrogen-bond donors (Lipinski definition) is 1. The van der Waals surface area contributed by atoms with Crippen LogP contribution in [0.3, 0.4) is 0 Å². The Morgan fingerprint density at radius 3 is 2.84 bits per heavy atom. The molecule has 0 radical (unpaired) electrons. The van der Waals surface area contributed by atoms with E-state index >= 15 is 0 Å². The van der Waals surface area contributed by atoms with E-state index in [9.17, 15) is 13.2 Å².